The van der Waals surface area contributed by atoms with Crippen molar-refractivity contribution in [3.05, 3.63) is 77.4 Å². The standard InChI is InChI=1S/C22H21NOS/c1-15(25-14-16-6-3-2-4-7-16)22(24)23-20-13-12-18-11-10-17-8-5-9-19(20)21(17)18/h2-9,12-13,15H,10-11,14H2,1H3,(H,23,24)/t15-/m1/s1. The molecule has 1 amide bonds. The van der Waals surface area contributed by atoms with Gasteiger partial charge in [-0.3, -0.25) is 4.79 Å². The van der Waals surface area contributed by atoms with Gasteiger partial charge >= 0.3 is 0 Å². The quantitative estimate of drug-likeness (QED) is 0.687. The average molecular weight is 347 g/mol. The molecule has 0 radical (unpaired) electrons. The van der Waals surface area contributed by atoms with Crippen molar-refractivity contribution in [3.63, 3.8) is 0 Å². The number of carbonyl (C=O) groups is 1. The van der Waals surface area contributed by atoms with Gasteiger partial charge in [0.2, 0.25) is 5.91 Å². The first-order valence-corrected chi connectivity index (χ1v) is 9.77. The summed E-state index contributed by atoms with van der Waals surface area (Å²) in [4.78, 5) is 12.6. The van der Waals surface area contributed by atoms with Gasteiger partial charge in [0.25, 0.3) is 0 Å². The molecular formula is C22H21NOS. The van der Waals surface area contributed by atoms with Crippen LogP contribution in [-0.2, 0) is 23.4 Å². The van der Waals surface area contributed by atoms with E-state index in [4.69, 9.17) is 0 Å². The maximum atomic E-state index is 12.6. The third kappa shape index (κ3) is 3.29. The zero-order valence-corrected chi connectivity index (χ0v) is 15.1. The third-order valence-corrected chi connectivity index (χ3v) is 6.06. The summed E-state index contributed by atoms with van der Waals surface area (Å²) in [5.74, 6) is 0.916. The SMILES string of the molecule is C[C@@H](SCc1ccccc1)C(=O)Nc1ccc2c3c(cccc13)CC2. The molecule has 0 bridgehead atoms. The number of thioether (sulfide) groups is 1. The molecule has 0 spiro atoms. The molecule has 25 heavy (non-hydrogen) atoms. The molecule has 0 saturated heterocycles. The zero-order valence-electron chi connectivity index (χ0n) is 14.3. The third-order valence-electron chi connectivity index (χ3n) is 4.85. The summed E-state index contributed by atoms with van der Waals surface area (Å²) in [5, 5.41) is 5.55. The number of hydrogen-bond donors (Lipinski definition) is 1. The van der Waals surface area contributed by atoms with Gasteiger partial charge in [0.15, 0.2) is 0 Å². The Morgan fingerprint density at radius 1 is 1.00 bits per heavy atom. The number of amides is 1. The lowest BCUT2D eigenvalue weighted by molar-refractivity contribution is -0.115. The molecule has 3 heteroatoms. The number of aryl methyl sites for hydroxylation is 2. The van der Waals surface area contributed by atoms with Gasteiger partial charge < -0.3 is 5.32 Å². The van der Waals surface area contributed by atoms with E-state index in [1.165, 1.54) is 27.5 Å². The number of nitrogens with one attached hydrogen (secondary N) is 1. The maximum Gasteiger partial charge on any atom is 0.237 e. The van der Waals surface area contributed by atoms with Gasteiger partial charge in [0.05, 0.1) is 5.25 Å². The summed E-state index contributed by atoms with van der Waals surface area (Å²) in [5.41, 5.74) is 4.97. The van der Waals surface area contributed by atoms with Crippen molar-refractivity contribution in [2.24, 2.45) is 0 Å². The minimum atomic E-state index is -0.0942. The van der Waals surface area contributed by atoms with Gasteiger partial charge in [-0.1, -0.05) is 54.6 Å². The lowest BCUT2D eigenvalue weighted by Gasteiger charge is -2.14. The summed E-state index contributed by atoms with van der Waals surface area (Å²) in [7, 11) is 0. The second-order valence-corrected chi connectivity index (χ2v) is 7.87. The Bertz CT molecular complexity index is 910. The minimum Gasteiger partial charge on any atom is -0.325 e. The Balaban J connectivity index is 1.49. The second-order valence-electron chi connectivity index (χ2n) is 6.54. The van der Waals surface area contributed by atoms with E-state index in [1.807, 2.05) is 25.1 Å². The van der Waals surface area contributed by atoms with Gasteiger partial charge in [0.1, 0.15) is 0 Å². The largest absolute Gasteiger partial charge is 0.325 e. The van der Waals surface area contributed by atoms with Gasteiger partial charge in [-0.05, 0) is 47.9 Å². The molecule has 3 aromatic rings. The smallest absolute Gasteiger partial charge is 0.237 e. The normalized spacial score (nSPS) is 13.8. The first kappa shape index (κ1) is 16.2. The van der Waals surface area contributed by atoms with Crippen molar-refractivity contribution >= 4 is 34.1 Å². The first-order valence-electron chi connectivity index (χ1n) is 8.72. The van der Waals surface area contributed by atoms with Gasteiger partial charge in [-0.25, -0.2) is 0 Å². The Morgan fingerprint density at radius 3 is 2.56 bits per heavy atom. The lowest BCUT2D eigenvalue weighted by atomic mass is 10.0. The second kappa shape index (κ2) is 6.93. The van der Waals surface area contributed by atoms with Crippen LogP contribution in [0.25, 0.3) is 10.8 Å². The number of rotatable bonds is 5. The molecule has 0 unspecified atom stereocenters. The molecular weight excluding hydrogens is 326 g/mol. The van der Waals surface area contributed by atoms with Crippen molar-refractivity contribution in [1.82, 2.24) is 0 Å². The van der Waals surface area contributed by atoms with Crippen LogP contribution in [0.2, 0.25) is 0 Å². The summed E-state index contributed by atoms with van der Waals surface area (Å²) in [6, 6.07) is 20.9. The van der Waals surface area contributed by atoms with Crippen LogP contribution < -0.4 is 5.32 Å². The number of anilines is 1. The molecule has 0 saturated carbocycles. The zero-order chi connectivity index (χ0) is 17.2. The van der Waals surface area contributed by atoms with Gasteiger partial charge in [-0.15, -0.1) is 11.8 Å². The molecule has 0 aromatic heterocycles. The van der Waals surface area contributed by atoms with Crippen LogP contribution in [0.3, 0.4) is 0 Å². The van der Waals surface area contributed by atoms with Crippen LogP contribution in [0, 0.1) is 0 Å². The molecule has 0 aliphatic heterocycles. The van der Waals surface area contributed by atoms with E-state index in [1.54, 1.807) is 11.8 Å². The van der Waals surface area contributed by atoms with Crippen LogP contribution >= 0.6 is 11.8 Å². The number of benzene rings is 3. The molecule has 1 N–H and O–H groups in total. The van der Waals surface area contributed by atoms with Crippen LogP contribution in [0.15, 0.2) is 60.7 Å². The molecule has 3 aromatic carbocycles. The highest BCUT2D eigenvalue weighted by Crippen LogP contribution is 2.35. The van der Waals surface area contributed by atoms with Crippen LogP contribution in [0.5, 0.6) is 0 Å². The fraction of sp³-hybridized carbons (Fsp3) is 0.227. The van der Waals surface area contributed by atoms with E-state index in [0.29, 0.717) is 0 Å². The van der Waals surface area contributed by atoms with E-state index in [-0.39, 0.29) is 11.2 Å². The monoisotopic (exact) mass is 347 g/mol. The highest BCUT2D eigenvalue weighted by Gasteiger charge is 2.18. The van der Waals surface area contributed by atoms with E-state index in [0.717, 1.165) is 24.3 Å². The van der Waals surface area contributed by atoms with Crippen molar-refractivity contribution < 1.29 is 4.79 Å². The van der Waals surface area contributed by atoms with Crippen molar-refractivity contribution in [1.29, 1.82) is 0 Å². The highest BCUT2D eigenvalue weighted by molar-refractivity contribution is 7.99. The summed E-state index contributed by atoms with van der Waals surface area (Å²) in [6.45, 7) is 1.98. The topological polar surface area (TPSA) is 29.1 Å². The Labute approximate surface area is 152 Å². The molecule has 126 valence electrons. The van der Waals surface area contributed by atoms with Gasteiger partial charge in [0, 0.05) is 16.8 Å². The van der Waals surface area contributed by atoms with Crippen LogP contribution in [-0.4, -0.2) is 11.2 Å². The predicted octanol–water partition coefficient (Wildman–Crippen LogP) is 5.20. The molecule has 4 rings (SSSR count). The van der Waals surface area contributed by atoms with Crippen molar-refractivity contribution in [3.8, 4) is 0 Å². The van der Waals surface area contributed by atoms with E-state index < -0.39 is 0 Å². The average Bonchev–Trinajstić information content (AvgIpc) is 3.07. The van der Waals surface area contributed by atoms with E-state index in [9.17, 15) is 4.79 Å². The fourth-order valence-electron chi connectivity index (χ4n) is 3.46. The molecule has 0 heterocycles. The highest BCUT2D eigenvalue weighted by atomic mass is 32.2. The van der Waals surface area contributed by atoms with Gasteiger partial charge in [-0.2, -0.15) is 0 Å². The van der Waals surface area contributed by atoms with E-state index >= 15 is 0 Å². The van der Waals surface area contributed by atoms with E-state index in [2.05, 4.69) is 47.8 Å². The fourth-order valence-corrected chi connectivity index (χ4v) is 4.31. The summed E-state index contributed by atoms with van der Waals surface area (Å²) < 4.78 is 0. The first-order chi connectivity index (χ1) is 12.2. The van der Waals surface area contributed by atoms with Crippen molar-refractivity contribution in [2.75, 3.05) is 5.32 Å². The number of carbonyl (C=O) groups excluding carboxylic acids is 1. The Kier molecular flexibility index (Phi) is 4.50. The number of hydrogen-bond acceptors (Lipinski definition) is 2. The summed E-state index contributed by atoms with van der Waals surface area (Å²) >= 11 is 1.67. The lowest BCUT2D eigenvalue weighted by Crippen LogP contribution is -2.22. The molecule has 1 atom stereocenters. The Morgan fingerprint density at radius 2 is 1.76 bits per heavy atom. The maximum absolute atomic E-state index is 12.6. The van der Waals surface area contributed by atoms with Crippen molar-refractivity contribution in [2.45, 2.75) is 30.8 Å². The predicted molar refractivity (Wildman–Crippen MR) is 107 cm³/mol. The van der Waals surface area contributed by atoms with Crippen LogP contribution in [0.4, 0.5) is 5.69 Å². The minimum absolute atomic E-state index is 0.0691. The molecule has 2 nitrogen and oxygen atoms in total. The summed E-state index contributed by atoms with van der Waals surface area (Å²) in [6.07, 6.45) is 2.21. The molecule has 1 aliphatic carbocycles. The van der Waals surface area contributed by atoms with Crippen LogP contribution in [0.1, 0.15) is 23.6 Å². The molecule has 1 aliphatic rings. The Hall–Kier alpha value is -2.26. The molecule has 0 fully saturated rings.